The van der Waals surface area contributed by atoms with Gasteiger partial charge >= 0.3 is 0 Å². The molecule has 0 N–H and O–H groups in total. The molecule has 2 aromatic rings. The Labute approximate surface area is 222 Å². The molecule has 0 heterocycles. The normalized spacial score (nSPS) is 21.9. The van der Waals surface area contributed by atoms with E-state index in [-0.39, 0.29) is 30.3 Å². The maximum Gasteiger partial charge on any atom is 0.243 e. The Hall–Kier alpha value is -2.85. The minimum atomic E-state index is -4.17. The molecule has 0 saturated heterocycles. The quantitative estimate of drug-likeness (QED) is 0.186. The van der Waals surface area contributed by atoms with Gasteiger partial charge in [-0.1, -0.05) is 40.3 Å². The van der Waals surface area contributed by atoms with Crippen LogP contribution in [0.3, 0.4) is 0 Å². The van der Waals surface area contributed by atoms with Crippen LogP contribution in [-0.2, 0) is 10.0 Å². The van der Waals surface area contributed by atoms with Crippen LogP contribution in [0.2, 0.25) is 0 Å². The molecular formula is C28H33F4N3O2S. The molecule has 0 radical (unpaired) electrons. The van der Waals surface area contributed by atoms with Crippen LogP contribution < -0.4 is 0 Å². The molecule has 0 aromatic heterocycles. The van der Waals surface area contributed by atoms with Gasteiger partial charge in [0.05, 0.1) is 16.2 Å². The van der Waals surface area contributed by atoms with Crippen molar-refractivity contribution in [3.05, 3.63) is 83.5 Å². The van der Waals surface area contributed by atoms with E-state index in [4.69, 9.17) is 0 Å². The van der Waals surface area contributed by atoms with Gasteiger partial charge in [0.2, 0.25) is 10.0 Å². The molecule has 2 aromatic carbocycles. The van der Waals surface area contributed by atoms with Gasteiger partial charge in [-0.25, -0.2) is 26.0 Å². The summed E-state index contributed by atoms with van der Waals surface area (Å²) < 4.78 is 84.5. The van der Waals surface area contributed by atoms with Crippen molar-refractivity contribution < 1.29 is 26.0 Å². The first kappa shape index (κ1) is 29.7. The fourth-order valence-corrected chi connectivity index (χ4v) is 6.97. The lowest BCUT2D eigenvalue weighted by Gasteiger charge is -2.44. The lowest BCUT2D eigenvalue weighted by Crippen LogP contribution is -2.46. The fourth-order valence-electron chi connectivity index (χ4n) is 5.36. The van der Waals surface area contributed by atoms with E-state index in [1.54, 1.807) is 6.92 Å². The zero-order chi connectivity index (χ0) is 28.5. The molecule has 1 aliphatic carbocycles. The number of sulfonamides is 1. The third kappa shape index (κ3) is 5.61. The smallest absolute Gasteiger partial charge is 0.207 e. The Bertz CT molecular complexity index is 1350. The van der Waals surface area contributed by atoms with Crippen LogP contribution in [0.4, 0.5) is 17.6 Å². The van der Waals surface area contributed by atoms with Gasteiger partial charge in [0.1, 0.15) is 23.3 Å². The van der Waals surface area contributed by atoms with Gasteiger partial charge in [-0.3, -0.25) is 0 Å². The second-order valence-corrected chi connectivity index (χ2v) is 12.3. The molecule has 1 fully saturated rings. The number of nitrogens with zero attached hydrogens (tertiary/aromatic N) is 3. The van der Waals surface area contributed by atoms with Gasteiger partial charge < -0.3 is 0 Å². The standard InChI is InChI=1S/C28H33F4N3O2S/c1-7-35(38(36,37)21-15-19(29)14-20(30)16-21)17-28(5)12-11-22(27(28,3)4)18(2)13-25(34-33-6)26-23(31)9-8-10-24(26)32/h8-10,13-16,22H,2,7,11-12,17H2,1,3-6H3/b25-13-,34-33?. The Kier molecular flexibility index (Phi) is 8.67. The van der Waals surface area contributed by atoms with Crippen LogP contribution in [0.15, 0.2) is 69.8 Å². The lowest BCUT2D eigenvalue weighted by molar-refractivity contribution is 0.0803. The van der Waals surface area contributed by atoms with Crippen molar-refractivity contribution in [2.75, 3.05) is 20.1 Å². The number of hydrogen-bond donors (Lipinski definition) is 0. The Morgan fingerprint density at radius 2 is 1.68 bits per heavy atom. The minimum absolute atomic E-state index is 0.00314. The van der Waals surface area contributed by atoms with Crippen LogP contribution in [0.1, 0.15) is 46.1 Å². The van der Waals surface area contributed by atoms with E-state index in [0.717, 1.165) is 24.3 Å². The predicted octanol–water partition coefficient (Wildman–Crippen LogP) is 7.38. The number of rotatable bonds is 9. The highest BCUT2D eigenvalue weighted by Crippen LogP contribution is 2.58. The van der Waals surface area contributed by atoms with Gasteiger partial charge in [-0.15, -0.1) is 0 Å². The SMILES string of the molecule is C=C(/C=C(\N=NC)c1c(F)cccc1F)C1CCC(C)(CN(CC)S(=O)(=O)c2cc(F)cc(F)c2)C1(C)C. The molecule has 2 atom stereocenters. The van der Waals surface area contributed by atoms with E-state index in [0.29, 0.717) is 24.5 Å². The monoisotopic (exact) mass is 551 g/mol. The molecule has 3 rings (SSSR count). The average Bonchev–Trinajstić information content (AvgIpc) is 3.05. The first-order valence-electron chi connectivity index (χ1n) is 12.3. The van der Waals surface area contributed by atoms with Crippen LogP contribution in [-0.4, -0.2) is 32.9 Å². The predicted molar refractivity (Wildman–Crippen MR) is 140 cm³/mol. The zero-order valence-electron chi connectivity index (χ0n) is 22.2. The summed E-state index contributed by atoms with van der Waals surface area (Å²) in [7, 11) is -2.77. The summed E-state index contributed by atoms with van der Waals surface area (Å²) >= 11 is 0. The summed E-state index contributed by atoms with van der Waals surface area (Å²) in [4.78, 5) is -0.443. The molecule has 0 amide bonds. The molecule has 206 valence electrons. The topological polar surface area (TPSA) is 62.1 Å². The van der Waals surface area contributed by atoms with Crippen molar-refractivity contribution in [3.8, 4) is 0 Å². The Morgan fingerprint density at radius 3 is 2.21 bits per heavy atom. The second-order valence-electron chi connectivity index (χ2n) is 10.4. The van der Waals surface area contributed by atoms with Gasteiger partial charge in [-0.2, -0.15) is 14.5 Å². The first-order valence-corrected chi connectivity index (χ1v) is 13.7. The van der Waals surface area contributed by atoms with Gasteiger partial charge in [0.15, 0.2) is 0 Å². The maximum atomic E-state index is 14.5. The molecule has 10 heteroatoms. The second kappa shape index (κ2) is 11.1. The van der Waals surface area contributed by atoms with E-state index in [1.807, 2.05) is 20.8 Å². The molecular weight excluding hydrogens is 518 g/mol. The van der Waals surface area contributed by atoms with E-state index in [9.17, 15) is 26.0 Å². The summed E-state index contributed by atoms with van der Waals surface area (Å²) in [5, 5.41) is 7.66. The number of benzene rings is 2. The highest BCUT2D eigenvalue weighted by Gasteiger charge is 2.53. The molecule has 38 heavy (non-hydrogen) atoms. The van der Waals surface area contributed by atoms with Crippen molar-refractivity contribution in [2.24, 2.45) is 27.0 Å². The van der Waals surface area contributed by atoms with Gasteiger partial charge in [0, 0.05) is 26.2 Å². The summed E-state index contributed by atoms with van der Waals surface area (Å²) in [5.74, 6) is -3.66. The number of hydrogen-bond acceptors (Lipinski definition) is 4. The van der Waals surface area contributed by atoms with Crippen LogP contribution in [0.5, 0.6) is 0 Å². The van der Waals surface area contributed by atoms with E-state index >= 15 is 0 Å². The lowest BCUT2D eigenvalue weighted by atomic mass is 9.64. The summed E-state index contributed by atoms with van der Waals surface area (Å²) in [6.07, 6.45) is 2.79. The van der Waals surface area contributed by atoms with Crippen LogP contribution in [0.25, 0.3) is 5.70 Å². The largest absolute Gasteiger partial charge is 0.243 e. The number of allylic oxidation sites excluding steroid dienone is 2. The maximum absolute atomic E-state index is 14.5. The van der Waals surface area contributed by atoms with E-state index in [2.05, 4.69) is 16.8 Å². The zero-order valence-corrected chi connectivity index (χ0v) is 23.0. The molecule has 0 aliphatic heterocycles. The average molecular weight is 552 g/mol. The summed E-state index contributed by atoms with van der Waals surface area (Å²) in [6, 6.07) is 5.79. The van der Waals surface area contributed by atoms with Gasteiger partial charge in [0.25, 0.3) is 0 Å². The van der Waals surface area contributed by atoms with Crippen LogP contribution in [0, 0.1) is 40.0 Å². The van der Waals surface area contributed by atoms with E-state index < -0.39 is 49.0 Å². The summed E-state index contributed by atoms with van der Waals surface area (Å²) in [5.41, 5.74) is -0.786. The van der Waals surface area contributed by atoms with Crippen molar-refractivity contribution in [1.82, 2.24) is 4.31 Å². The molecule has 5 nitrogen and oxygen atoms in total. The molecule has 0 spiro atoms. The van der Waals surface area contributed by atoms with E-state index in [1.165, 1.54) is 23.5 Å². The Balaban J connectivity index is 1.94. The van der Waals surface area contributed by atoms with Gasteiger partial charge in [-0.05, 0) is 65.5 Å². The molecule has 1 aliphatic rings. The third-order valence-electron chi connectivity index (χ3n) is 7.96. The molecule has 1 saturated carbocycles. The first-order chi connectivity index (χ1) is 17.7. The van der Waals surface area contributed by atoms with Crippen molar-refractivity contribution >= 4 is 15.7 Å². The number of halogens is 4. The van der Waals surface area contributed by atoms with Crippen LogP contribution >= 0.6 is 0 Å². The Morgan fingerprint density at radius 1 is 1.11 bits per heavy atom. The summed E-state index contributed by atoms with van der Waals surface area (Å²) in [6.45, 7) is 12.0. The van der Waals surface area contributed by atoms with Crippen molar-refractivity contribution in [3.63, 3.8) is 0 Å². The molecule has 2 unspecified atom stereocenters. The van der Waals surface area contributed by atoms with Crippen molar-refractivity contribution in [2.45, 2.75) is 45.4 Å². The highest BCUT2D eigenvalue weighted by molar-refractivity contribution is 7.89. The molecule has 0 bridgehead atoms. The third-order valence-corrected chi connectivity index (χ3v) is 9.86. The number of azo groups is 1. The minimum Gasteiger partial charge on any atom is -0.207 e. The van der Waals surface area contributed by atoms with Crippen molar-refractivity contribution in [1.29, 1.82) is 0 Å². The fraction of sp³-hybridized carbons (Fsp3) is 0.429. The highest BCUT2D eigenvalue weighted by atomic mass is 32.2.